The number of pyridine rings is 1. The van der Waals surface area contributed by atoms with Gasteiger partial charge in [0, 0.05) is 24.1 Å². The van der Waals surface area contributed by atoms with Crippen molar-refractivity contribution in [1.29, 1.82) is 0 Å². The van der Waals surface area contributed by atoms with Gasteiger partial charge in [0.15, 0.2) is 12.4 Å². The molecule has 0 amide bonds. The zero-order valence-electron chi connectivity index (χ0n) is 19.5. The highest BCUT2D eigenvalue weighted by Gasteiger charge is 2.17. The minimum absolute atomic E-state index is 0.0359. The van der Waals surface area contributed by atoms with Crippen molar-refractivity contribution in [1.82, 2.24) is 9.97 Å². The molecule has 0 fully saturated rings. The summed E-state index contributed by atoms with van der Waals surface area (Å²) in [5.74, 6) is 1.10. The van der Waals surface area contributed by atoms with Crippen LogP contribution in [0.2, 0.25) is 0 Å². The van der Waals surface area contributed by atoms with Crippen LogP contribution in [0.4, 0.5) is 0 Å². The second-order valence-electron chi connectivity index (χ2n) is 8.89. The molecule has 0 saturated heterocycles. The standard InChI is InChI=1S/C28H33N3O/c1-4-15-31-16-13-22(14-17-31)21(5-2)19-23-12-11-20(3)18-25(23)27-29-26-10-8-6-7-9-24(26)28(32)30-27/h9-14,16-18,21H,4-8,15,19H2,1-3H3/p+1. The van der Waals surface area contributed by atoms with Crippen molar-refractivity contribution >= 4 is 12.2 Å². The van der Waals surface area contributed by atoms with Gasteiger partial charge in [-0.3, -0.25) is 4.79 Å². The SMILES string of the molecule is CCC[n+]1ccc(C(CC)Cc2ccc(C)cc2-c2nc3c(c(=O)[nH]2)=CCCCC=3)cc1. The quantitative estimate of drug-likeness (QED) is 0.580. The van der Waals surface area contributed by atoms with Crippen molar-refractivity contribution in [2.24, 2.45) is 0 Å². The first kappa shape index (κ1) is 22.2. The lowest BCUT2D eigenvalue weighted by Crippen LogP contribution is -2.43. The van der Waals surface area contributed by atoms with Crippen LogP contribution in [0.3, 0.4) is 0 Å². The third-order valence-electron chi connectivity index (χ3n) is 6.43. The fourth-order valence-electron chi connectivity index (χ4n) is 4.58. The van der Waals surface area contributed by atoms with Gasteiger partial charge in [-0.15, -0.1) is 0 Å². The van der Waals surface area contributed by atoms with Gasteiger partial charge in [0.1, 0.15) is 12.4 Å². The zero-order chi connectivity index (χ0) is 22.5. The van der Waals surface area contributed by atoms with E-state index in [4.69, 9.17) is 4.98 Å². The summed E-state index contributed by atoms with van der Waals surface area (Å²) >= 11 is 0. The lowest BCUT2D eigenvalue weighted by molar-refractivity contribution is -0.697. The largest absolute Gasteiger partial charge is 0.306 e. The summed E-state index contributed by atoms with van der Waals surface area (Å²) in [6.45, 7) is 7.59. The number of nitrogens with zero attached hydrogens (tertiary/aromatic N) is 2. The number of aromatic amines is 1. The van der Waals surface area contributed by atoms with Crippen LogP contribution in [-0.2, 0) is 13.0 Å². The molecule has 1 aromatic carbocycles. The molecule has 0 spiro atoms. The minimum Gasteiger partial charge on any atom is -0.306 e. The Labute approximate surface area is 190 Å². The fourth-order valence-corrected chi connectivity index (χ4v) is 4.58. The summed E-state index contributed by atoms with van der Waals surface area (Å²) in [4.78, 5) is 20.8. The molecular formula is C28H34N3O+. The summed E-state index contributed by atoms with van der Waals surface area (Å²) in [5.41, 5.74) is 4.76. The summed E-state index contributed by atoms with van der Waals surface area (Å²) in [6.07, 6.45) is 14.6. The molecule has 1 aliphatic rings. The molecule has 2 aromatic heterocycles. The van der Waals surface area contributed by atoms with Gasteiger partial charge in [0.25, 0.3) is 5.56 Å². The number of aryl methyl sites for hydroxylation is 2. The third-order valence-corrected chi connectivity index (χ3v) is 6.43. The molecule has 1 N–H and O–H groups in total. The van der Waals surface area contributed by atoms with E-state index in [-0.39, 0.29) is 5.56 Å². The number of hydrogen-bond acceptors (Lipinski definition) is 2. The first-order valence-corrected chi connectivity index (χ1v) is 12.0. The topological polar surface area (TPSA) is 49.6 Å². The van der Waals surface area contributed by atoms with Gasteiger partial charge in [-0.25, -0.2) is 9.55 Å². The maximum Gasteiger partial charge on any atom is 0.258 e. The lowest BCUT2D eigenvalue weighted by atomic mass is 9.88. The molecule has 32 heavy (non-hydrogen) atoms. The summed E-state index contributed by atoms with van der Waals surface area (Å²) < 4.78 is 2.24. The molecule has 0 aliphatic heterocycles. The maximum absolute atomic E-state index is 12.8. The Morgan fingerprint density at radius 2 is 1.88 bits per heavy atom. The first-order valence-electron chi connectivity index (χ1n) is 12.0. The number of fused-ring (bicyclic) bond motifs is 1. The lowest BCUT2D eigenvalue weighted by Gasteiger charge is -2.18. The normalized spacial score (nSPS) is 14.1. The third kappa shape index (κ3) is 4.90. The van der Waals surface area contributed by atoms with E-state index >= 15 is 0 Å². The number of nitrogens with one attached hydrogen (secondary N) is 1. The molecule has 0 saturated carbocycles. The monoisotopic (exact) mass is 428 g/mol. The van der Waals surface area contributed by atoms with Crippen molar-refractivity contribution in [3.05, 3.63) is 80.3 Å². The second-order valence-corrected chi connectivity index (χ2v) is 8.89. The van der Waals surface area contributed by atoms with Crippen molar-refractivity contribution in [2.75, 3.05) is 0 Å². The van der Waals surface area contributed by atoms with E-state index in [1.54, 1.807) is 0 Å². The van der Waals surface area contributed by atoms with Crippen molar-refractivity contribution < 1.29 is 4.57 Å². The predicted molar refractivity (Wildman–Crippen MR) is 131 cm³/mol. The van der Waals surface area contributed by atoms with Gasteiger partial charge in [-0.1, -0.05) is 43.7 Å². The zero-order valence-corrected chi connectivity index (χ0v) is 19.5. The fraction of sp³-hybridized carbons (Fsp3) is 0.393. The summed E-state index contributed by atoms with van der Waals surface area (Å²) in [5, 5.41) is 1.54. The highest BCUT2D eigenvalue weighted by molar-refractivity contribution is 5.62. The summed E-state index contributed by atoms with van der Waals surface area (Å²) in [7, 11) is 0. The Hall–Kier alpha value is -3.01. The Balaban J connectivity index is 1.73. The van der Waals surface area contributed by atoms with E-state index in [1.807, 2.05) is 6.08 Å². The Morgan fingerprint density at radius 3 is 2.62 bits per heavy atom. The van der Waals surface area contributed by atoms with Gasteiger partial charge in [-0.2, -0.15) is 0 Å². The van der Waals surface area contributed by atoms with Crippen molar-refractivity contribution in [3.63, 3.8) is 0 Å². The Bertz CT molecular complexity index is 1260. The number of hydrogen-bond donors (Lipinski definition) is 1. The van der Waals surface area contributed by atoms with Gasteiger partial charge in [0.2, 0.25) is 0 Å². The maximum atomic E-state index is 12.8. The van der Waals surface area contributed by atoms with Gasteiger partial charge >= 0.3 is 0 Å². The van der Waals surface area contributed by atoms with Crippen LogP contribution in [0.15, 0.2) is 47.5 Å². The molecule has 1 unspecified atom stereocenters. The molecule has 1 atom stereocenters. The molecule has 2 heterocycles. The minimum atomic E-state index is -0.0359. The summed E-state index contributed by atoms with van der Waals surface area (Å²) in [6, 6.07) is 11.0. The average Bonchev–Trinajstić information content (AvgIpc) is 3.05. The van der Waals surface area contributed by atoms with Crippen LogP contribution in [0.5, 0.6) is 0 Å². The predicted octanol–water partition coefficient (Wildman–Crippen LogP) is 3.92. The molecule has 4 heteroatoms. The number of rotatable bonds is 7. The molecule has 166 valence electrons. The van der Waals surface area contributed by atoms with E-state index in [0.29, 0.717) is 11.7 Å². The van der Waals surface area contributed by atoms with Crippen molar-refractivity contribution in [3.8, 4) is 11.4 Å². The average molecular weight is 429 g/mol. The molecule has 4 nitrogen and oxygen atoms in total. The number of H-pyrrole nitrogens is 1. The number of aromatic nitrogens is 3. The van der Waals surface area contributed by atoms with Crippen LogP contribution in [0, 0.1) is 6.92 Å². The van der Waals surface area contributed by atoms with E-state index in [1.165, 1.54) is 16.7 Å². The van der Waals surface area contributed by atoms with E-state index in [0.717, 1.165) is 61.2 Å². The highest BCUT2D eigenvalue weighted by atomic mass is 16.1. The van der Waals surface area contributed by atoms with E-state index < -0.39 is 0 Å². The van der Waals surface area contributed by atoms with Gasteiger partial charge < -0.3 is 4.98 Å². The van der Waals surface area contributed by atoms with Crippen LogP contribution in [-0.4, -0.2) is 9.97 Å². The van der Waals surface area contributed by atoms with Gasteiger partial charge in [0.05, 0.1) is 10.6 Å². The van der Waals surface area contributed by atoms with Crippen LogP contribution in [0.1, 0.15) is 68.6 Å². The molecule has 1 aliphatic carbocycles. The number of benzene rings is 1. The van der Waals surface area contributed by atoms with Crippen LogP contribution >= 0.6 is 0 Å². The van der Waals surface area contributed by atoms with E-state index in [2.05, 4.69) is 79.1 Å². The van der Waals surface area contributed by atoms with Crippen molar-refractivity contribution in [2.45, 2.75) is 71.8 Å². The smallest absolute Gasteiger partial charge is 0.258 e. The second kappa shape index (κ2) is 10.1. The van der Waals surface area contributed by atoms with Gasteiger partial charge in [-0.05, 0) is 62.1 Å². The highest BCUT2D eigenvalue weighted by Crippen LogP contribution is 2.29. The van der Waals surface area contributed by atoms with E-state index in [9.17, 15) is 4.79 Å². The molecule has 0 bridgehead atoms. The van der Waals surface area contributed by atoms with Crippen LogP contribution < -0.4 is 20.7 Å². The first-order chi connectivity index (χ1) is 15.6. The Kier molecular flexibility index (Phi) is 6.99. The molecule has 4 rings (SSSR count). The van der Waals surface area contributed by atoms with Crippen LogP contribution in [0.25, 0.3) is 23.5 Å². The Morgan fingerprint density at radius 1 is 1.09 bits per heavy atom. The molecule has 3 aromatic rings. The molecule has 0 radical (unpaired) electrons. The molecular weight excluding hydrogens is 394 g/mol.